The summed E-state index contributed by atoms with van der Waals surface area (Å²) in [5.41, 5.74) is 0. The molecule has 1 saturated heterocycles. The van der Waals surface area contributed by atoms with E-state index in [1.165, 1.54) is 0 Å². The maximum Gasteiger partial charge on any atom is 0.238 e. The molecule has 0 aromatic rings. The second-order valence-corrected chi connectivity index (χ2v) is 4.80. The zero-order chi connectivity index (χ0) is 12.1. The summed E-state index contributed by atoms with van der Waals surface area (Å²) in [4.78, 5) is 14.0. The minimum absolute atomic E-state index is 0.271. The highest BCUT2D eigenvalue weighted by atomic mass is 16.2. The molecule has 0 aromatic carbocycles. The summed E-state index contributed by atoms with van der Waals surface area (Å²) < 4.78 is 0. The van der Waals surface area contributed by atoms with E-state index in [0.29, 0.717) is 18.5 Å². The van der Waals surface area contributed by atoms with E-state index in [4.69, 9.17) is 0 Å². The molecule has 1 fully saturated rings. The molecule has 0 spiro atoms. The quantitative estimate of drug-likeness (QED) is 0.754. The lowest BCUT2D eigenvalue weighted by Gasteiger charge is -2.35. The van der Waals surface area contributed by atoms with E-state index in [0.717, 1.165) is 25.7 Å². The Balaban J connectivity index is 2.69. The van der Waals surface area contributed by atoms with E-state index in [2.05, 4.69) is 37.9 Å². The van der Waals surface area contributed by atoms with E-state index in [1.807, 2.05) is 0 Å². The van der Waals surface area contributed by atoms with Gasteiger partial charge in [-0.15, -0.1) is 0 Å². The van der Waals surface area contributed by atoms with Crippen molar-refractivity contribution in [3.63, 3.8) is 0 Å². The van der Waals surface area contributed by atoms with Crippen molar-refractivity contribution in [2.24, 2.45) is 5.92 Å². The Labute approximate surface area is 99.6 Å². The maximum atomic E-state index is 11.9. The van der Waals surface area contributed by atoms with Crippen LogP contribution in [0.1, 0.15) is 53.4 Å². The zero-order valence-corrected chi connectivity index (χ0v) is 11.1. The van der Waals surface area contributed by atoms with Crippen LogP contribution in [0.4, 0.5) is 0 Å². The van der Waals surface area contributed by atoms with Gasteiger partial charge in [0, 0.05) is 6.04 Å². The Morgan fingerprint density at radius 1 is 1.38 bits per heavy atom. The number of hydrogen-bond acceptors (Lipinski definition) is 2. The van der Waals surface area contributed by atoms with E-state index in [9.17, 15) is 4.79 Å². The highest BCUT2D eigenvalue weighted by Crippen LogP contribution is 2.23. The topological polar surface area (TPSA) is 32.3 Å². The van der Waals surface area contributed by atoms with Gasteiger partial charge in [-0.3, -0.25) is 10.1 Å². The third-order valence-corrected chi connectivity index (χ3v) is 3.84. The van der Waals surface area contributed by atoms with Gasteiger partial charge in [-0.25, -0.2) is 0 Å². The number of hydrogen-bond donors (Lipinski definition) is 1. The first kappa shape index (κ1) is 13.5. The molecule has 0 saturated carbocycles. The predicted octanol–water partition coefficient (Wildman–Crippen LogP) is 2.37. The molecule has 1 rings (SSSR count). The molecule has 3 heteroatoms. The summed E-state index contributed by atoms with van der Waals surface area (Å²) in [6.45, 7) is 9.33. The highest BCUT2D eigenvalue weighted by Gasteiger charge is 2.35. The van der Waals surface area contributed by atoms with Crippen LogP contribution in [0.3, 0.4) is 0 Å². The second kappa shape index (κ2) is 6.24. The third kappa shape index (κ3) is 2.76. The van der Waals surface area contributed by atoms with Crippen molar-refractivity contribution in [2.75, 3.05) is 6.54 Å². The average molecular weight is 226 g/mol. The highest BCUT2D eigenvalue weighted by molar-refractivity contribution is 5.81. The summed E-state index contributed by atoms with van der Waals surface area (Å²) in [6, 6.07) is 0.369. The normalized spacial score (nSPS) is 23.2. The van der Waals surface area contributed by atoms with Crippen molar-refractivity contribution in [1.82, 2.24) is 10.2 Å². The number of rotatable bonds is 6. The van der Waals surface area contributed by atoms with Crippen LogP contribution in [0.5, 0.6) is 0 Å². The molecular formula is C13H26N2O. The zero-order valence-electron chi connectivity index (χ0n) is 11.1. The fraction of sp³-hybridized carbons (Fsp3) is 0.923. The largest absolute Gasteiger partial charge is 0.323 e. The van der Waals surface area contributed by atoms with Crippen LogP contribution in [0.15, 0.2) is 0 Å². The van der Waals surface area contributed by atoms with Gasteiger partial charge in [0.2, 0.25) is 5.91 Å². The van der Waals surface area contributed by atoms with Crippen LogP contribution < -0.4 is 5.32 Å². The van der Waals surface area contributed by atoms with Crippen molar-refractivity contribution >= 4 is 5.91 Å². The molecule has 3 nitrogen and oxygen atoms in total. The van der Waals surface area contributed by atoms with Crippen LogP contribution in [0.25, 0.3) is 0 Å². The Morgan fingerprint density at radius 3 is 2.50 bits per heavy atom. The van der Waals surface area contributed by atoms with Gasteiger partial charge in [-0.2, -0.15) is 0 Å². The van der Waals surface area contributed by atoms with Crippen LogP contribution in [0.2, 0.25) is 0 Å². The van der Waals surface area contributed by atoms with Gasteiger partial charge in [0.1, 0.15) is 0 Å². The SMILES string of the molecule is CCCC1NCC(=O)N1C(C)C(CC)CC. The summed E-state index contributed by atoms with van der Waals surface area (Å²) in [5.74, 6) is 0.904. The molecule has 2 atom stereocenters. The maximum absolute atomic E-state index is 11.9. The molecule has 1 heterocycles. The van der Waals surface area contributed by atoms with E-state index in [1.54, 1.807) is 0 Å². The minimum atomic E-state index is 0.271. The molecule has 2 unspecified atom stereocenters. The predicted molar refractivity (Wildman–Crippen MR) is 67.1 cm³/mol. The van der Waals surface area contributed by atoms with Crippen molar-refractivity contribution in [1.29, 1.82) is 0 Å². The molecule has 94 valence electrons. The Hall–Kier alpha value is -0.570. The fourth-order valence-electron chi connectivity index (χ4n) is 2.79. The first-order valence-corrected chi connectivity index (χ1v) is 6.70. The number of amides is 1. The fourth-order valence-corrected chi connectivity index (χ4v) is 2.79. The molecular weight excluding hydrogens is 200 g/mol. The monoisotopic (exact) mass is 226 g/mol. The minimum Gasteiger partial charge on any atom is -0.323 e. The van der Waals surface area contributed by atoms with Crippen molar-refractivity contribution in [3.8, 4) is 0 Å². The van der Waals surface area contributed by atoms with Crippen LogP contribution >= 0.6 is 0 Å². The van der Waals surface area contributed by atoms with E-state index < -0.39 is 0 Å². The molecule has 1 aliphatic heterocycles. The van der Waals surface area contributed by atoms with Crippen molar-refractivity contribution < 1.29 is 4.79 Å². The summed E-state index contributed by atoms with van der Waals surface area (Å²) in [5, 5.41) is 3.32. The van der Waals surface area contributed by atoms with E-state index in [-0.39, 0.29) is 12.1 Å². The molecule has 1 N–H and O–H groups in total. The number of nitrogens with one attached hydrogen (secondary N) is 1. The van der Waals surface area contributed by atoms with Gasteiger partial charge in [-0.05, 0) is 19.3 Å². The standard InChI is InChI=1S/C13H26N2O/c1-5-8-12-14-9-13(16)15(12)10(4)11(6-2)7-3/h10-12,14H,5-9H2,1-4H3. The van der Waals surface area contributed by atoms with Crippen molar-refractivity contribution in [2.45, 2.75) is 65.6 Å². The number of carbonyl (C=O) groups is 1. The first-order valence-electron chi connectivity index (χ1n) is 6.70. The van der Waals surface area contributed by atoms with Gasteiger partial charge < -0.3 is 4.90 Å². The lowest BCUT2D eigenvalue weighted by atomic mass is 9.94. The third-order valence-electron chi connectivity index (χ3n) is 3.84. The average Bonchev–Trinajstić information content (AvgIpc) is 2.62. The van der Waals surface area contributed by atoms with Gasteiger partial charge >= 0.3 is 0 Å². The number of nitrogens with zero attached hydrogens (tertiary/aromatic N) is 1. The number of carbonyl (C=O) groups excluding carboxylic acids is 1. The molecule has 0 radical (unpaired) electrons. The molecule has 0 bridgehead atoms. The molecule has 1 amide bonds. The van der Waals surface area contributed by atoms with Gasteiger partial charge in [0.25, 0.3) is 0 Å². The molecule has 0 aliphatic carbocycles. The van der Waals surface area contributed by atoms with Crippen molar-refractivity contribution in [3.05, 3.63) is 0 Å². The summed E-state index contributed by atoms with van der Waals surface area (Å²) in [7, 11) is 0. The smallest absolute Gasteiger partial charge is 0.238 e. The Kier molecular flexibility index (Phi) is 5.26. The molecule has 0 aromatic heterocycles. The van der Waals surface area contributed by atoms with Crippen LogP contribution in [-0.2, 0) is 4.79 Å². The summed E-state index contributed by atoms with van der Waals surface area (Å²) >= 11 is 0. The van der Waals surface area contributed by atoms with Gasteiger partial charge in [-0.1, -0.05) is 40.0 Å². The lowest BCUT2D eigenvalue weighted by molar-refractivity contribution is -0.131. The second-order valence-electron chi connectivity index (χ2n) is 4.80. The lowest BCUT2D eigenvalue weighted by Crippen LogP contribution is -2.46. The molecule has 16 heavy (non-hydrogen) atoms. The van der Waals surface area contributed by atoms with Gasteiger partial charge in [0.15, 0.2) is 0 Å². The first-order chi connectivity index (χ1) is 7.65. The van der Waals surface area contributed by atoms with Crippen LogP contribution in [0, 0.1) is 5.92 Å². The van der Waals surface area contributed by atoms with E-state index >= 15 is 0 Å². The molecule has 1 aliphatic rings. The summed E-state index contributed by atoms with van der Waals surface area (Å²) in [6.07, 6.45) is 4.77. The van der Waals surface area contributed by atoms with Crippen LogP contribution in [-0.4, -0.2) is 29.6 Å². The van der Waals surface area contributed by atoms with Gasteiger partial charge in [0.05, 0.1) is 12.7 Å². The Bertz CT molecular complexity index is 226. The Morgan fingerprint density at radius 2 is 2.00 bits per heavy atom.